The Kier molecular flexibility index (Phi) is 5.01. The van der Waals surface area contributed by atoms with Crippen molar-refractivity contribution < 1.29 is 0 Å². The molecule has 0 unspecified atom stereocenters. The highest BCUT2D eigenvalue weighted by atomic mass is 15.4. The maximum absolute atomic E-state index is 4.49. The topological polar surface area (TPSA) is 61.6 Å². The van der Waals surface area contributed by atoms with Gasteiger partial charge in [-0.05, 0) is 37.5 Å². The number of guanidine groups is 1. The third-order valence-electron chi connectivity index (χ3n) is 5.80. The maximum Gasteiger partial charge on any atom is 0.194 e. The molecule has 0 aliphatic carbocycles. The van der Waals surface area contributed by atoms with E-state index in [-0.39, 0.29) is 0 Å². The first-order valence-electron chi connectivity index (χ1n) is 9.85. The predicted octanol–water partition coefficient (Wildman–Crippen LogP) is 1.74. The molecule has 0 amide bonds. The van der Waals surface area contributed by atoms with Gasteiger partial charge in [0.1, 0.15) is 5.82 Å². The molecule has 0 spiro atoms. The van der Waals surface area contributed by atoms with Gasteiger partial charge in [0.2, 0.25) is 0 Å². The molecule has 4 rings (SSSR count). The van der Waals surface area contributed by atoms with Crippen LogP contribution >= 0.6 is 0 Å². The van der Waals surface area contributed by atoms with Crippen LogP contribution in [0.4, 0.5) is 5.69 Å². The number of aromatic nitrogens is 3. The standard InChI is InChI=1S/C20H29N7/c1-15-6-4-7-17(16(15)2)25-10-12-26(13-11-25)20(21-3)22-14-19-24-23-18-8-5-9-27(18)19/h4,6-7H,5,8-14H2,1-3H3,(H,21,22). The van der Waals surface area contributed by atoms with E-state index >= 15 is 0 Å². The number of aryl methyl sites for hydroxylation is 2. The molecular formula is C20H29N7. The van der Waals surface area contributed by atoms with Gasteiger partial charge in [-0.1, -0.05) is 12.1 Å². The lowest BCUT2D eigenvalue weighted by atomic mass is 10.1. The Balaban J connectivity index is 1.35. The fourth-order valence-corrected chi connectivity index (χ4v) is 4.07. The van der Waals surface area contributed by atoms with Crippen molar-refractivity contribution in [3.05, 3.63) is 41.0 Å². The van der Waals surface area contributed by atoms with Crippen LogP contribution in [0.2, 0.25) is 0 Å². The van der Waals surface area contributed by atoms with Gasteiger partial charge < -0.3 is 19.7 Å². The van der Waals surface area contributed by atoms with Gasteiger partial charge in [0, 0.05) is 51.9 Å². The normalized spacial score (nSPS) is 17.4. The first kappa shape index (κ1) is 17.8. The summed E-state index contributed by atoms with van der Waals surface area (Å²) in [6, 6.07) is 6.57. The number of nitrogens with one attached hydrogen (secondary N) is 1. The highest BCUT2D eigenvalue weighted by Gasteiger charge is 2.22. The molecule has 1 aromatic carbocycles. The van der Waals surface area contributed by atoms with Crippen LogP contribution in [-0.2, 0) is 19.5 Å². The molecule has 2 aromatic rings. The van der Waals surface area contributed by atoms with Gasteiger partial charge >= 0.3 is 0 Å². The van der Waals surface area contributed by atoms with Crippen molar-refractivity contribution in [2.24, 2.45) is 4.99 Å². The number of aliphatic imine (C=N–C) groups is 1. The summed E-state index contributed by atoms with van der Waals surface area (Å²) in [6.07, 6.45) is 2.22. The molecule has 0 radical (unpaired) electrons. The second kappa shape index (κ2) is 7.58. The lowest BCUT2D eigenvalue weighted by Crippen LogP contribution is -2.52. The first-order chi connectivity index (χ1) is 13.2. The monoisotopic (exact) mass is 367 g/mol. The van der Waals surface area contributed by atoms with Crippen molar-refractivity contribution in [1.82, 2.24) is 25.0 Å². The Hall–Kier alpha value is -2.57. The van der Waals surface area contributed by atoms with Crippen LogP contribution in [0.15, 0.2) is 23.2 Å². The van der Waals surface area contributed by atoms with E-state index in [0.29, 0.717) is 6.54 Å². The summed E-state index contributed by atoms with van der Waals surface area (Å²) in [5.74, 6) is 3.08. The van der Waals surface area contributed by atoms with E-state index in [1.165, 1.54) is 23.2 Å². The van der Waals surface area contributed by atoms with Crippen molar-refractivity contribution in [2.45, 2.75) is 39.8 Å². The van der Waals surface area contributed by atoms with Crippen LogP contribution in [0.5, 0.6) is 0 Å². The molecule has 1 fully saturated rings. The van der Waals surface area contributed by atoms with Crippen molar-refractivity contribution in [3.8, 4) is 0 Å². The number of nitrogens with zero attached hydrogens (tertiary/aromatic N) is 6. The van der Waals surface area contributed by atoms with E-state index in [1.54, 1.807) is 0 Å². The molecule has 0 bridgehead atoms. The average Bonchev–Trinajstić information content (AvgIpc) is 3.30. The minimum absolute atomic E-state index is 0.677. The van der Waals surface area contributed by atoms with E-state index in [4.69, 9.17) is 0 Å². The van der Waals surface area contributed by atoms with Gasteiger partial charge in [-0.15, -0.1) is 10.2 Å². The van der Waals surface area contributed by atoms with E-state index in [1.807, 2.05) is 7.05 Å². The van der Waals surface area contributed by atoms with Gasteiger partial charge in [-0.2, -0.15) is 0 Å². The second-order valence-electron chi connectivity index (χ2n) is 7.38. The molecule has 1 N–H and O–H groups in total. The third kappa shape index (κ3) is 3.50. The maximum atomic E-state index is 4.49. The van der Waals surface area contributed by atoms with E-state index in [0.717, 1.165) is 56.8 Å². The minimum Gasteiger partial charge on any atom is -0.368 e. The smallest absolute Gasteiger partial charge is 0.194 e. The van der Waals surface area contributed by atoms with E-state index < -0.39 is 0 Å². The number of hydrogen-bond donors (Lipinski definition) is 1. The van der Waals surface area contributed by atoms with Crippen LogP contribution in [0.1, 0.15) is 29.2 Å². The Bertz CT molecular complexity index is 831. The zero-order valence-corrected chi connectivity index (χ0v) is 16.6. The van der Waals surface area contributed by atoms with E-state index in [2.05, 4.69) is 66.9 Å². The fraction of sp³-hybridized carbons (Fsp3) is 0.550. The molecule has 144 valence electrons. The third-order valence-corrected chi connectivity index (χ3v) is 5.80. The summed E-state index contributed by atoms with van der Waals surface area (Å²) in [7, 11) is 1.85. The average molecular weight is 368 g/mol. The molecule has 7 nitrogen and oxygen atoms in total. The van der Waals surface area contributed by atoms with Crippen LogP contribution in [-0.4, -0.2) is 58.9 Å². The Morgan fingerprint density at radius 2 is 1.93 bits per heavy atom. The first-order valence-corrected chi connectivity index (χ1v) is 9.85. The Morgan fingerprint density at radius 1 is 1.11 bits per heavy atom. The molecule has 0 saturated carbocycles. The molecule has 1 saturated heterocycles. The van der Waals surface area contributed by atoms with Crippen molar-refractivity contribution in [1.29, 1.82) is 0 Å². The lowest BCUT2D eigenvalue weighted by Gasteiger charge is -2.38. The number of anilines is 1. The van der Waals surface area contributed by atoms with Crippen LogP contribution in [0.25, 0.3) is 0 Å². The van der Waals surface area contributed by atoms with Gasteiger partial charge in [-0.3, -0.25) is 4.99 Å². The number of hydrogen-bond acceptors (Lipinski definition) is 4. The SMILES string of the molecule is CN=C(NCc1nnc2n1CCC2)N1CCN(c2cccc(C)c2C)CC1. The van der Waals surface area contributed by atoms with Crippen molar-refractivity contribution >= 4 is 11.6 Å². The highest BCUT2D eigenvalue weighted by molar-refractivity contribution is 5.80. The van der Waals surface area contributed by atoms with Crippen LogP contribution in [0, 0.1) is 13.8 Å². The summed E-state index contributed by atoms with van der Waals surface area (Å²) >= 11 is 0. The summed E-state index contributed by atoms with van der Waals surface area (Å²) in [6.45, 7) is 10.0. The Morgan fingerprint density at radius 3 is 2.70 bits per heavy atom. The molecule has 27 heavy (non-hydrogen) atoms. The molecule has 0 atom stereocenters. The number of rotatable bonds is 3. The highest BCUT2D eigenvalue weighted by Crippen LogP contribution is 2.24. The number of fused-ring (bicyclic) bond motifs is 1. The summed E-state index contributed by atoms with van der Waals surface area (Å²) < 4.78 is 2.23. The second-order valence-corrected chi connectivity index (χ2v) is 7.38. The quantitative estimate of drug-likeness (QED) is 0.661. The van der Waals surface area contributed by atoms with Gasteiger partial charge in [0.25, 0.3) is 0 Å². The largest absolute Gasteiger partial charge is 0.368 e. The summed E-state index contributed by atoms with van der Waals surface area (Å²) in [5, 5.41) is 12.1. The van der Waals surface area contributed by atoms with Gasteiger partial charge in [-0.25, -0.2) is 0 Å². The Labute approximate surface area is 161 Å². The number of benzene rings is 1. The fourth-order valence-electron chi connectivity index (χ4n) is 4.07. The molecular weight excluding hydrogens is 338 g/mol. The van der Waals surface area contributed by atoms with Gasteiger partial charge in [0.05, 0.1) is 6.54 Å². The lowest BCUT2D eigenvalue weighted by molar-refractivity contribution is 0.371. The molecule has 7 heteroatoms. The number of piperazine rings is 1. The molecule has 1 aromatic heterocycles. The minimum atomic E-state index is 0.677. The van der Waals surface area contributed by atoms with Gasteiger partial charge in [0.15, 0.2) is 11.8 Å². The summed E-state index contributed by atoms with van der Waals surface area (Å²) in [4.78, 5) is 9.31. The van der Waals surface area contributed by atoms with Crippen LogP contribution < -0.4 is 10.2 Å². The van der Waals surface area contributed by atoms with Crippen LogP contribution in [0.3, 0.4) is 0 Å². The van der Waals surface area contributed by atoms with Crippen molar-refractivity contribution in [3.63, 3.8) is 0 Å². The molecule has 2 aliphatic heterocycles. The van der Waals surface area contributed by atoms with Crippen molar-refractivity contribution in [2.75, 3.05) is 38.1 Å². The van der Waals surface area contributed by atoms with E-state index in [9.17, 15) is 0 Å². The zero-order valence-electron chi connectivity index (χ0n) is 16.6. The molecule has 3 heterocycles. The summed E-state index contributed by atoms with van der Waals surface area (Å²) in [5.41, 5.74) is 4.10. The molecule has 2 aliphatic rings. The predicted molar refractivity (Wildman–Crippen MR) is 108 cm³/mol. The zero-order chi connectivity index (χ0) is 18.8.